The molecule has 0 bridgehead atoms. The van der Waals surface area contributed by atoms with E-state index in [9.17, 15) is 9.59 Å². The number of Topliss-reactive ketones (excluding diaryl/α,β-unsaturated/α-hetero) is 1. The van der Waals surface area contributed by atoms with Crippen molar-refractivity contribution in [3.63, 3.8) is 0 Å². The molecule has 3 rings (SSSR count). The van der Waals surface area contributed by atoms with Crippen molar-refractivity contribution in [2.45, 2.75) is 40.3 Å². The van der Waals surface area contributed by atoms with Crippen LogP contribution in [0.25, 0.3) is 0 Å². The second-order valence-electron chi connectivity index (χ2n) is 7.33. The number of aromatic amines is 1. The molecule has 28 heavy (non-hydrogen) atoms. The maximum absolute atomic E-state index is 13.1. The van der Waals surface area contributed by atoms with Gasteiger partial charge >= 0.3 is 5.97 Å². The Bertz CT molecular complexity index is 820. The van der Waals surface area contributed by atoms with Crippen molar-refractivity contribution in [3.8, 4) is 0 Å². The van der Waals surface area contributed by atoms with Crippen LogP contribution in [0.15, 0.2) is 16.8 Å². The minimum atomic E-state index is -0.373. The summed E-state index contributed by atoms with van der Waals surface area (Å²) in [6.07, 6.45) is 0. The highest BCUT2D eigenvalue weighted by Gasteiger charge is 2.30. The Morgan fingerprint density at radius 2 is 1.96 bits per heavy atom. The lowest BCUT2D eigenvalue weighted by Gasteiger charge is -2.37. The Kier molecular flexibility index (Phi) is 6.69. The maximum Gasteiger partial charge on any atom is 0.340 e. The number of esters is 1. The summed E-state index contributed by atoms with van der Waals surface area (Å²) in [5, 5.41) is 4.30. The van der Waals surface area contributed by atoms with Crippen LogP contribution >= 0.6 is 11.3 Å². The summed E-state index contributed by atoms with van der Waals surface area (Å²) in [7, 11) is 0. The van der Waals surface area contributed by atoms with Crippen molar-refractivity contribution in [3.05, 3.63) is 44.9 Å². The van der Waals surface area contributed by atoms with Gasteiger partial charge in [-0.15, -0.1) is 0 Å². The van der Waals surface area contributed by atoms with E-state index in [1.54, 1.807) is 18.3 Å². The Hall–Kier alpha value is -1.96. The number of hydrogen-bond acceptors (Lipinski definition) is 6. The van der Waals surface area contributed by atoms with Gasteiger partial charge < -0.3 is 9.72 Å². The Morgan fingerprint density at radius 3 is 2.57 bits per heavy atom. The molecule has 0 saturated carbocycles. The number of ketones is 1. The fourth-order valence-corrected chi connectivity index (χ4v) is 4.49. The third kappa shape index (κ3) is 4.37. The number of H-pyrrole nitrogens is 1. The zero-order valence-corrected chi connectivity index (χ0v) is 17.9. The molecule has 7 heteroatoms. The third-order valence-corrected chi connectivity index (χ3v) is 6.22. The first-order valence-corrected chi connectivity index (χ1v) is 10.7. The number of nitrogens with zero attached hydrogens (tertiary/aromatic N) is 2. The zero-order valence-electron chi connectivity index (χ0n) is 17.1. The minimum Gasteiger partial charge on any atom is -0.462 e. The Morgan fingerprint density at radius 1 is 1.25 bits per heavy atom. The molecule has 1 saturated heterocycles. The van der Waals surface area contributed by atoms with Gasteiger partial charge in [0.15, 0.2) is 5.78 Å². The molecule has 3 heterocycles. The highest BCUT2D eigenvalue weighted by atomic mass is 32.1. The van der Waals surface area contributed by atoms with Crippen LogP contribution in [0.1, 0.15) is 51.5 Å². The van der Waals surface area contributed by atoms with E-state index >= 15 is 0 Å². The van der Waals surface area contributed by atoms with Gasteiger partial charge in [-0.1, -0.05) is 0 Å². The van der Waals surface area contributed by atoms with Gasteiger partial charge in [0.1, 0.15) is 0 Å². The lowest BCUT2D eigenvalue weighted by molar-refractivity contribution is 0.0525. The van der Waals surface area contributed by atoms with E-state index in [1.165, 1.54) is 5.56 Å². The number of carbonyl (C=O) groups is 2. The van der Waals surface area contributed by atoms with Gasteiger partial charge in [0.05, 0.1) is 23.9 Å². The Balaban J connectivity index is 1.63. The van der Waals surface area contributed by atoms with Crippen LogP contribution < -0.4 is 0 Å². The summed E-state index contributed by atoms with van der Waals surface area (Å²) in [5.74, 6) is -0.343. The number of hydrogen-bond donors (Lipinski definition) is 1. The van der Waals surface area contributed by atoms with Crippen LogP contribution in [-0.2, 0) is 11.3 Å². The summed E-state index contributed by atoms with van der Waals surface area (Å²) in [6.45, 7) is 12.3. The summed E-state index contributed by atoms with van der Waals surface area (Å²) in [5.41, 5.74) is 3.73. The molecule has 1 fully saturated rings. The van der Waals surface area contributed by atoms with E-state index in [1.807, 2.05) is 20.8 Å². The number of nitrogens with one attached hydrogen (secondary N) is 1. The van der Waals surface area contributed by atoms with Gasteiger partial charge in [0.25, 0.3) is 0 Å². The predicted molar refractivity (Wildman–Crippen MR) is 111 cm³/mol. The fourth-order valence-electron chi connectivity index (χ4n) is 3.83. The lowest BCUT2D eigenvalue weighted by atomic mass is 10.0. The van der Waals surface area contributed by atoms with Gasteiger partial charge in [-0.05, 0) is 55.6 Å². The van der Waals surface area contributed by atoms with Crippen molar-refractivity contribution in [2.24, 2.45) is 0 Å². The van der Waals surface area contributed by atoms with Gasteiger partial charge in [0.2, 0.25) is 0 Å². The molecule has 1 N–H and O–H groups in total. The molecule has 1 aliphatic rings. The predicted octanol–water partition coefficient (Wildman–Crippen LogP) is 3.26. The average molecular weight is 404 g/mol. The van der Waals surface area contributed by atoms with Gasteiger partial charge in [-0.2, -0.15) is 11.3 Å². The van der Waals surface area contributed by atoms with Crippen LogP contribution in [0.2, 0.25) is 0 Å². The first-order valence-electron chi connectivity index (χ1n) is 9.80. The number of thiophene rings is 1. The molecule has 2 aromatic rings. The SMILES string of the molecule is CCOC(=O)c1c(C)[nH]c(C(=O)[C@H](C)N2CCN(Cc3ccsc3)CC2)c1C. The summed E-state index contributed by atoms with van der Waals surface area (Å²) >= 11 is 1.73. The minimum absolute atomic E-state index is 0.0300. The van der Waals surface area contributed by atoms with Crippen LogP contribution in [0.3, 0.4) is 0 Å². The average Bonchev–Trinajstić information content (AvgIpc) is 3.29. The van der Waals surface area contributed by atoms with Crippen molar-refractivity contribution in [1.82, 2.24) is 14.8 Å². The molecule has 0 unspecified atom stereocenters. The second-order valence-corrected chi connectivity index (χ2v) is 8.11. The monoisotopic (exact) mass is 403 g/mol. The largest absolute Gasteiger partial charge is 0.462 e. The van der Waals surface area contributed by atoms with Crippen molar-refractivity contribution >= 4 is 23.1 Å². The van der Waals surface area contributed by atoms with Crippen molar-refractivity contribution in [1.29, 1.82) is 0 Å². The molecule has 1 aliphatic heterocycles. The van der Waals surface area contributed by atoms with Crippen molar-refractivity contribution in [2.75, 3.05) is 32.8 Å². The number of ether oxygens (including phenoxy) is 1. The number of aryl methyl sites for hydroxylation is 1. The topological polar surface area (TPSA) is 65.6 Å². The molecule has 0 aromatic carbocycles. The van der Waals surface area contributed by atoms with Gasteiger partial charge in [-0.25, -0.2) is 4.79 Å². The van der Waals surface area contributed by atoms with Gasteiger partial charge in [-0.3, -0.25) is 14.6 Å². The molecular weight excluding hydrogens is 374 g/mol. The number of rotatable bonds is 7. The van der Waals surface area contributed by atoms with E-state index in [4.69, 9.17) is 4.74 Å². The summed E-state index contributed by atoms with van der Waals surface area (Å²) < 4.78 is 5.13. The van der Waals surface area contributed by atoms with Crippen LogP contribution in [0, 0.1) is 13.8 Å². The standard InChI is InChI=1S/C21H29N3O3S/c1-5-27-21(26)18-14(2)19(22-15(18)3)20(25)16(4)24-9-7-23(8-10-24)12-17-6-11-28-13-17/h6,11,13,16,22H,5,7-10,12H2,1-4H3/t16-/m0/s1. The Labute approximate surface area is 170 Å². The fraction of sp³-hybridized carbons (Fsp3) is 0.524. The van der Waals surface area contributed by atoms with E-state index in [-0.39, 0.29) is 17.8 Å². The quantitative estimate of drug-likeness (QED) is 0.568. The third-order valence-electron chi connectivity index (χ3n) is 5.48. The number of carbonyl (C=O) groups excluding carboxylic acids is 2. The molecule has 0 radical (unpaired) electrons. The summed E-state index contributed by atoms with van der Waals surface area (Å²) in [6, 6.07) is 1.94. The highest BCUT2D eigenvalue weighted by Crippen LogP contribution is 2.22. The van der Waals surface area contributed by atoms with E-state index in [0.29, 0.717) is 29.1 Å². The summed E-state index contributed by atoms with van der Waals surface area (Å²) in [4.78, 5) is 33.1. The van der Waals surface area contributed by atoms with E-state index in [2.05, 4.69) is 31.6 Å². The molecule has 2 aromatic heterocycles. The lowest BCUT2D eigenvalue weighted by Crippen LogP contribution is -2.51. The zero-order chi connectivity index (χ0) is 20.3. The first-order chi connectivity index (χ1) is 13.4. The van der Waals surface area contributed by atoms with Crippen LogP contribution in [0.5, 0.6) is 0 Å². The molecule has 152 valence electrons. The first kappa shape index (κ1) is 20.8. The number of piperazine rings is 1. The van der Waals surface area contributed by atoms with Crippen molar-refractivity contribution < 1.29 is 14.3 Å². The number of aromatic nitrogens is 1. The molecule has 0 spiro atoms. The molecule has 0 aliphatic carbocycles. The maximum atomic E-state index is 13.1. The van der Waals surface area contributed by atoms with Gasteiger partial charge in [0, 0.05) is 38.4 Å². The molecular formula is C21H29N3O3S. The van der Waals surface area contributed by atoms with Crippen LogP contribution in [-0.4, -0.2) is 65.4 Å². The normalized spacial score (nSPS) is 16.9. The molecule has 0 amide bonds. The molecule has 6 nitrogen and oxygen atoms in total. The molecule has 1 atom stereocenters. The van der Waals surface area contributed by atoms with E-state index < -0.39 is 0 Å². The van der Waals surface area contributed by atoms with Crippen LogP contribution in [0.4, 0.5) is 0 Å². The van der Waals surface area contributed by atoms with E-state index in [0.717, 1.165) is 32.7 Å². The highest BCUT2D eigenvalue weighted by molar-refractivity contribution is 7.07. The smallest absolute Gasteiger partial charge is 0.340 e. The second kappa shape index (κ2) is 9.03.